The molecule has 0 bridgehead atoms. The van der Waals surface area contributed by atoms with Crippen molar-refractivity contribution in [1.29, 1.82) is 0 Å². The maximum atomic E-state index is 13.1. The topological polar surface area (TPSA) is 72.7 Å². The smallest absolute Gasteiger partial charge is 0.237 e. The van der Waals surface area contributed by atoms with Gasteiger partial charge in [-0.15, -0.1) is 10.2 Å². The van der Waals surface area contributed by atoms with Gasteiger partial charge in [-0.1, -0.05) is 78.5 Å². The number of anilines is 1. The highest BCUT2D eigenvalue weighted by Crippen LogP contribution is 2.29. The zero-order chi connectivity index (χ0) is 23.3. The number of nitrogens with zero attached hydrogens (tertiary/aromatic N) is 4. The van der Waals surface area contributed by atoms with E-state index >= 15 is 0 Å². The third-order valence-corrected chi connectivity index (χ3v) is 6.60. The molecule has 5 rings (SSSR count). The molecule has 6 nitrogen and oxygen atoms in total. The SMILES string of the molecule is C[C@H](Sc1nnc(-c2cccnc2)n1Cc1ccccc1)C(=O)Nc1cccc2ccccc12. The Balaban J connectivity index is 1.41. The summed E-state index contributed by atoms with van der Waals surface area (Å²) < 4.78 is 2.04. The Morgan fingerprint density at radius 2 is 1.74 bits per heavy atom. The van der Waals surface area contributed by atoms with Crippen molar-refractivity contribution >= 4 is 34.1 Å². The number of rotatable bonds is 7. The maximum Gasteiger partial charge on any atom is 0.237 e. The summed E-state index contributed by atoms with van der Waals surface area (Å²) >= 11 is 1.39. The largest absolute Gasteiger partial charge is 0.325 e. The second-order valence-electron chi connectivity index (χ2n) is 7.90. The number of benzene rings is 3. The summed E-state index contributed by atoms with van der Waals surface area (Å²) in [4.78, 5) is 17.3. The van der Waals surface area contributed by atoms with E-state index in [2.05, 4.69) is 32.6 Å². The lowest BCUT2D eigenvalue weighted by Gasteiger charge is -2.15. The molecule has 168 valence electrons. The van der Waals surface area contributed by atoms with E-state index in [0.29, 0.717) is 11.7 Å². The van der Waals surface area contributed by atoms with E-state index in [1.807, 2.05) is 84.3 Å². The molecule has 0 unspecified atom stereocenters. The molecule has 0 fully saturated rings. The summed E-state index contributed by atoms with van der Waals surface area (Å²) in [6.45, 7) is 2.48. The van der Waals surface area contributed by atoms with Crippen LogP contribution in [0.2, 0.25) is 0 Å². The van der Waals surface area contributed by atoms with Crippen LogP contribution < -0.4 is 5.32 Å². The Labute approximate surface area is 202 Å². The average molecular weight is 466 g/mol. The molecule has 0 aliphatic heterocycles. The second-order valence-corrected chi connectivity index (χ2v) is 9.20. The molecule has 3 aromatic carbocycles. The van der Waals surface area contributed by atoms with Crippen molar-refractivity contribution in [3.63, 3.8) is 0 Å². The molecule has 1 atom stereocenters. The van der Waals surface area contributed by atoms with Crippen LogP contribution in [-0.2, 0) is 11.3 Å². The number of carbonyl (C=O) groups excluding carboxylic acids is 1. The van der Waals surface area contributed by atoms with Crippen molar-refractivity contribution in [3.8, 4) is 11.4 Å². The van der Waals surface area contributed by atoms with E-state index in [1.54, 1.807) is 12.4 Å². The van der Waals surface area contributed by atoms with Gasteiger partial charge in [-0.05, 0) is 36.1 Å². The molecule has 5 aromatic rings. The third-order valence-electron chi connectivity index (χ3n) is 5.52. The van der Waals surface area contributed by atoms with Gasteiger partial charge in [0.1, 0.15) is 0 Å². The number of thioether (sulfide) groups is 1. The van der Waals surface area contributed by atoms with Crippen LogP contribution >= 0.6 is 11.8 Å². The predicted molar refractivity (Wildman–Crippen MR) is 137 cm³/mol. The lowest BCUT2D eigenvalue weighted by atomic mass is 10.1. The number of amides is 1. The first-order valence-electron chi connectivity index (χ1n) is 11.0. The molecule has 1 N–H and O–H groups in total. The molecule has 0 spiro atoms. The van der Waals surface area contributed by atoms with Crippen LogP contribution in [0, 0.1) is 0 Å². The Bertz CT molecular complexity index is 1410. The number of aromatic nitrogens is 4. The number of nitrogens with one attached hydrogen (secondary N) is 1. The Kier molecular flexibility index (Phi) is 6.35. The van der Waals surface area contributed by atoms with E-state index in [0.717, 1.165) is 33.4 Å². The first-order valence-corrected chi connectivity index (χ1v) is 11.9. The second kappa shape index (κ2) is 9.89. The summed E-state index contributed by atoms with van der Waals surface area (Å²) in [5, 5.41) is 14.4. The predicted octanol–water partition coefficient (Wildman–Crippen LogP) is 5.66. The van der Waals surface area contributed by atoms with Gasteiger partial charge in [0.25, 0.3) is 0 Å². The van der Waals surface area contributed by atoms with Crippen molar-refractivity contribution in [2.45, 2.75) is 23.9 Å². The van der Waals surface area contributed by atoms with Gasteiger partial charge in [-0.25, -0.2) is 0 Å². The van der Waals surface area contributed by atoms with Crippen LogP contribution in [0.1, 0.15) is 12.5 Å². The molecule has 7 heteroatoms. The number of fused-ring (bicyclic) bond motifs is 1. The average Bonchev–Trinajstić information content (AvgIpc) is 3.27. The molecule has 0 saturated carbocycles. The number of hydrogen-bond acceptors (Lipinski definition) is 5. The molecule has 34 heavy (non-hydrogen) atoms. The van der Waals surface area contributed by atoms with Crippen molar-refractivity contribution in [2.24, 2.45) is 0 Å². The molecule has 0 aliphatic rings. The van der Waals surface area contributed by atoms with Crippen LogP contribution in [-0.4, -0.2) is 30.9 Å². The normalized spacial score (nSPS) is 11.9. The summed E-state index contributed by atoms with van der Waals surface area (Å²) in [7, 11) is 0. The summed E-state index contributed by atoms with van der Waals surface area (Å²) in [6, 6.07) is 27.9. The first-order chi connectivity index (χ1) is 16.7. The minimum absolute atomic E-state index is 0.0847. The molecule has 2 heterocycles. The lowest BCUT2D eigenvalue weighted by molar-refractivity contribution is -0.115. The van der Waals surface area contributed by atoms with E-state index in [4.69, 9.17) is 0 Å². The highest BCUT2D eigenvalue weighted by Gasteiger charge is 2.21. The van der Waals surface area contributed by atoms with Crippen molar-refractivity contribution in [2.75, 3.05) is 5.32 Å². The lowest BCUT2D eigenvalue weighted by Crippen LogP contribution is -2.23. The van der Waals surface area contributed by atoms with Crippen LogP contribution in [0.4, 0.5) is 5.69 Å². The molecular weight excluding hydrogens is 442 g/mol. The monoisotopic (exact) mass is 465 g/mol. The molecule has 2 aromatic heterocycles. The van der Waals surface area contributed by atoms with Gasteiger partial charge in [-0.2, -0.15) is 0 Å². The van der Waals surface area contributed by atoms with Crippen LogP contribution in [0.15, 0.2) is 102 Å². The highest BCUT2D eigenvalue weighted by molar-refractivity contribution is 8.00. The van der Waals surface area contributed by atoms with Gasteiger partial charge in [0, 0.05) is 29.0 Å². The number of carbonyl (C=O) groups is 1. The minimum atomic E-state index is -0.376. The van der Waals surface area contributed by atoms with Crippen molar-refractivity contribution in [1.82, 2.24) is 19.7 Å². The standard InChI is InChI=1S/C27H23N5OS/c1-19(26(33)29-24-15-7-12-21-11-5-6-14-23(21)24)34-27-31-30-25(22-13-8-16-28-17-22)32(27)18-20-9-3-2-4-10-20/h2-17,19H,18H2,1H3,(H,29,33)/t19-/m0/s1. The van der Waals surface area contributed by atoms with E-state index in [1.165, 1.54) is 11.8 Å². The van der Waals surface area contributed by atoms with Gasteiger partial charge >= 0.3 is 0 Å². The minimum Gasteiger partial charge on any atom is -0.325 e. The zero-order valence-electron chi connectivity index (χ0n) is 18.6. The summed E-state index contributed by atoms with van der Waals surface area (Å²) in [6.07, 6.45) is 3.51. The van der Waals surface area contributed by atoms with Crippen LogP contribution in [0.3, 0.4) is 0 Å². The molecule has 0 saturated heterocycles. The molecule has 0 radical (unpaired) electrons. The fourth-order valence-electron chi connectivity index (χ4n) is 3.77. The molecule has 0 aliphatic carbocycles. The fraction of sp³-hybridized carbons (Fsp3) is 0.111. The Morgan fingerprint density at radius 3 is 2.56 bits per heavy atom. The number of pyridine rings is 1. The summed E-state index contributed by atoms with van der Waals surface area (Å²) in [5.41, 5.74) is 2.81. The van der Waals surface area contributed by atoms with Crippen molar-refractivity contribution < 1.29 is 4.79 Å². The third kappa shape index (κ3) is 4.70. The van der Waals surface area contributed by atoms with E-state index < -0.39 is 0 Å². The fourth-order valence-corrected chi connectivity index (χ4v) is 4.62. The first kappa shape index (κ1) is 21.9. The van der Waals surface area contributed by atoms with Crippen LogP contribution in [0.25, 0.3) is 22.2 Å². The Morgan fingerprint density at radius 1 is 0.941 bits per heavy atom. The van der Waals surface area contributed by atoms with E-state index in [-0.39, 0.29) is 11.2 Å². The van der Waals surface area contributed by atoms with Crippen LogP contribution in [0.5, 0.6) is 0 Å². The number of hydrogen-bond donors (Lipinski definition) is 1. The zero-order valence-corrected chi connectivity index (χ0v) is 19.4. The van der Waals surface area contributed by atoms with Gasteiger partial charge < -0.3 is 5.32 Å². The molecular formula is C27H23N5OS. The van der Waals surface area contributed by atoms with Gasteiger partial charge in [0.15, 0.2) is 11.0 Å². The highest BCUT2D eigenvalue weighted by atomic mass is 32.2. The quantitative estimate of drug-likeness (QED) is 0.314. The summed E-state index contributed by atoms with van der Waals surface area (Å²) in [5.74, 6) is 0.639. The Hall–Kier alpha value is -3.97. The van der Waals surface area contributed by atoms with Gasteiger partial charge in [0.2, 0.25) is 5.91 Å². The van der Waals surface area contributed by atoms with Gasteiger partial charge in [-0.3, -0.25) is 14.3 Å². The van der Waals surface area contributed by atoms with E-state index in [9.17, 15) is 4.79 Å². The maximum absolute atomic E-state index is 13.1. The van der Waals surface area contributed by atoms with Gasteiger partial charge in [0.05, 0.1) is 11.8 Å². The van der Waals surface area contributed by atoms with Crippen molar-refractivity contribution in [3.05, 3.63) is 103 Å². The molecule has 1 amide bonds.